The number of hydrogen-bond donors (Lipinski definition) is 1. The fraction of sp³-hybridized carbons (Fsp3) is 0.667. The van der Waals surface area contributed by atoms with Crippen LogP contribution < -0.4 is 10.1 Å². The Morgan fingerprint density at radius 2 is 1.81 bits per heavy atom. The van der Waals surface area contributed by atoms with Crippen molar-refractivity contribution in [3.8, 4) is 5.75 Å². The summed E-state index contributed by atoms with van der Waals surface area (Å²) >= 11 is 0. The first-order chi connectivity index (χ1) is 9.74. The quantitative estimate of drug-likeness (QED) is 0.832. The van der Waals surface area contributed by atoms with Crippen LogP contribution in [0.15, 0.2) is 24.3 Å². The molecule has 0 aliphatic heterocycles. The molecule has 0 amide bonds. The summed E-state index contributed by atoms with van der Waals surface area (Å²) in [7, 11) is 3.92. The average Bonchev–Trinajstić information content (AvgIpc) is 2.43. The van der Waals surface area contributed by atoms with E-state index in [1.807, 2.05) is 12.1 Å². The van der Waals surface area contributed by atoms with Gasteiger partial charge < -0.3 is 10.1 Å². The molecule has 1 N–H and O–H groups in total. The summed E-state index contributed by atoms with van der Waals surface area (Å²) in [5, 5.41) is 3.59. The fourth-order valence-electron chi connectivity index (χ4n) is 2.32. The zero-order valence-corrected chi connectivity index (χ0v) is 14.7. The first-order valence-corrected chi connectivity index (χ1v) is 7.81. The molecule has 3 heteroatoms. The van der Waals surface area contributed by atoms with Crippen molar-refractivity contribution in [1.29, 1.82) is 0 Å². The van der Waals surface area contributed by atoms with Crippen LogP contribution in [0.1, 0.15) is 40.2 Å². The van der Waals surface area contributed by atoms with E-state index in [1.165, 1.54) is 5.56 Å². The predicted octanol–water partition coefficient (Wildman–Crippen LogP) is 3.54. The molecule has 0 aliphatic carbocycles. The number of ether oxygens (including phenoxy) is 1. The third kappa shape index (κ3) is 6.06. The Labute approximate surface area is 130 Å². The molecule has 0 heterocycles. The number of para-hydroxylation sites is 1. The van der Waals surface area contributed by atoms with Gasteiger partial charge in [-0.2, -0.15) is 0 Å². The highest BCUT2D eigenvalue weighted by Gasteiger charge is 2.20. The van der Waals surface area contributed by atoms with Crippen LogP contribution in [0.2, 0.25) is 0 Å². The van der Waals surface area contributed by atoms with E-state index in [0.29, 0.717) is 12.0 Å². The highest BCUT2D eigenvalue weighted by Crippen LogP contribution is 2.21. The molecule has 21 heavy (non-hydrogen) atoms. The molecule has 2 atom stereocenters. The van der Waals surface area contributed by atoms with Crippen LogP contribution in [0.5, 0.6) is 5.75 Å². The zero-order valence-electron chi connectivity index (χ0n) is 14.7. The molecule has 0 saturated carbocycles. The van der Waals surface area contributed by atoms with E-state index >= 15 is 0 Å². The third-order valence-electron chi connectivity index (χ3n) is 4.09. The van der Waals surface area contributed by atoms with Gasteiger partial charge in [-0.1, -0.05) is 25.1 Å². The summed E-state index contributed by atoms with van der Waals surface area (Å²) in [6.45, 7) is 13.2. The SMILES string of the molecule is COc1ccccc1CN(C)C(C)C(C)CNC(C)(C)C. The number of methoxy groups -OCH3 is 1. The van der Waals surface area contributed by atoms with Crippen LogP contribution in [0.25, 0.3) is 0 Å². The molecule has 2 unspecified atom stereocenters. The van der Waals surface area contributed by atoms with Gasteiger partial charge in [0.05, 0.1) is 7.11 Å². The predicted molar refractivity (Wildman–Crippen MR) is 90.8 cm³/mol. The van der Waals surface area contributed by atoms with Crippen molar-refractivity contribution in [2.24, 2.45) is 5.92 Å². The second kappa shape index (κ2) is 7.81. The summed E-state index contributed by atoms with van der Waals surface area (Å²) in [5.41, 5.74) is 1.42. The number of nitrogens with one attached hydrogen (secondary N) is 1. The Kier molecular flexibility index (Phi) is 6.69. The highest BCUT2D eigenvalue weighted by molar-refractivity contribution is 5.33. The van der Waals surface area contributed by atoms with Crippen LogP contribution >= 0.6 is 0 Å². The van der Waals surface area contributed by atoms with Gasteiger partial charge >= 0.3 is 0 Å². The summed E-state index contributed by atoms with van der Waals surface area (Å²) in [4.78, 5) is 2.40. The lowest BCUT2D eigenvalue weighted by Gasteiger charge is -2.32. The van der Waals surface area contributed by atoms with E-state index < -0.39 is 0 Å². The van der Waals surface area contributed by atoms with Crippen molar-refractivity contribution in [2.75, 3.05) is 20.7 Å². The monoisotopic (exact) mass is 292 g/mol. The average molecular weight is 292 g/mol. The minimum Gasteiger partial charge on any atom is -0.496 e. The Bertz CT molecular complexity index is 425. The largest absolute Gasteiger partial charge is 0.496 e. The lowest BCUT2D eigenvalue weighted by Crippen LogP contribution is -2.44. The molecule has 1 rings (SSSR count). The molecule has 0 saturated heterocycles. The fourth-order valence-corrected chi connectivity index (χ4v) is 2.32. The molecule has 0 fully saturated rings. The maximum absolute atomic E-state index is 5.44. The second-order valence-electron chi connectivity index (χ2n) is 7.08. The van der Waals surface area contributed by atoms with Gasteiger partial charge in [0.25, 0.3) is 0 Å². The molecule has 1 aromatic carbocycles. The van der Waals surface area contributed by atoms with Crippen molar-refractivity contribution in [3.63, 3.8) is 0 Å². The Hall–Kier alpha value is -1.06. The van der Waals surface area contributed by atoms with E-state index in [1.54, 1.807) is 7.11 Å². The molecule has 3 nitrogen and oxygen atoms in total. The van der Waals surface area contributed by atoms with E-state index in [-0.39, 0.29) is 5.54 Å². The summed E-state index contributed by atoms with van der Waals surface area (Å²) in [5.74, 6) is 1.56. The normalized spacial score (nSPS) is 15.0. The lowest BCUT2D eigenvalue weighted by molar-refractivity contribution is 0.180. The van der Waals surface area contributed by atoms with Gasteiger partial charge in [0.2, 0.25) is 0 Å². The van der Waals surface area contributed by atoms with Crippen molar-refractivity contribution in [3.05, 3.63) is 29.8 Å². The van der Waals surface area contributed by atoms with Gasteiger partial charge in [-0.15, -0.1) is 0 Å². The van der Waals surface area contributed by atoms with Gasteiger partial charge in [0.15, 0.2) is 0 Å². The van der Waals surface area contributed by atoms with E-state index in [0.717, 1.165) is 18.8 Å². The van der Waals surface area contributed by atoms with E-state index in [4.69, 9.17) is 4.74 Å². The number of nitrogens with zero attached hydrogens (tertiary/aromatic N) is 1. The lowest BCUT2D eigenvalue weighted by atomic mass is 9.99. The zero-order chi connectivity index (χ0) is 16.0. The first kappa shape index (κ1) is 18.0. The topological polar surface area (TPSA) is 24.5 Å². The molecule has 0 bridgehead atoms. The molecular formula is C18H32N2O. The third-order valence-corrected chi connectivity index (χ3v) is 4.09. The summed E-state index contributed by atoms with van der Waals surface area (Å²) in [6, 6.07) is 8.76. The van der Waals surface area contributed by atoms with Crippen molar-refractivity contribution in [1.82, 2.24) is 10.2 Å². The van der Waals surface area contributed by atoms with Crippen LogP contribution in [-0.4, -0.2) is 37.2 Å². The van der Waals surface area contributed by atoms with Crippen molar-refractivity contribution in [2.45, 2.75) is 52.7 Å². The van der Waals surface area contributed by atoms with Crippen LogP contribution in [0.3, 0.4) is 0 Å². The van der Waals surface area contributed by atoms with Gasteiger partial charge in [0, 0.05) is 23.7 Å². The molecule has 0 radical (unpaired) electrons. The Balaban J connectivity index is 2.59. The first-order valence-electron chi connectivity index (χ1n) is 7.81. The molecule has 0 aliphatic rings. The van der Waals surface area contributed by atoms with Gasteiger partial charge in [-0.25, -0.2) is 0 Å². The maximum atomic E-state index is 5.44. The molecule has 1 aromatic rings. The van der Waals surface area contributed by atoms with Crippen molar-refractivity contribution >= 4 is 0 Å². The summed E-state index contributed by atoms with van der Waals surface area (Å²) in [6.07, 6.45) is 0. The molecule has 120 valence electrons. The van der Waals surface area contributed by atoms with E-state index in [2.05, 4.69) is 64.0 Å². The smallest absolute Gasteiger partial charge is 0.123 e. The number of benzene rings is 1. The van der Waals surface area contributed by atoms with E-state index in [9.17, 15) is 0 Å². The summed E-state index contributed by atoms with van der Waals surface area (Å²) < 4.78 is 5.44. The second-order valence-corrected chi connectivity index (χ2v) is 7.08. The highest BCUT2D eigenvalue weighted by atomic mass is 16.5. The minimum atomic E-state index is 0.176. The van der Waals surface area contributed by atoms with Crippen LogP contribution in [0.4, 0.5) is 0 Å². The Morgan fingerprint density at radius 1 is 1.19 bits per heavy atom. The molecule has 0 spiro atoms. The van der Waals surface area contributed by atoms with Crippen LogP contribution in [-0.2, 0) is 6.54 Å². The van der Waals surface area contributed by atoms with Gasteiger partial charge in [-0.05, 0) is 53.3 Å². The maximum Gasteiger partial charge on any atom is 0.123 e. The molecule has 0 aromatic heterocycles. The van der Waals surface area contributed by atoms with Crippen molar-refractivity contribution < 1.29 is 4.74 Å². The molecular weight excluding hydrogens is 260 g/mol. The Morgan fingerprint density at radius 3 is 2.38 bits per heavy atom. The number of rotatable bonds is 7. The minimum absolute atomic E-state index is 0.176. The van der Waals surface area contributed by atoms with Gasteiger partial charge in [-0.3, -0.25) is 4.90 Å². The number of hydrogen-bond acceptors (Lipinski definition) is 3. The van der Waals surface area contributed by atoms with Gasteiger partial charge in [0.1, 0.15) is 5.75 Å². The van der Waals surface area contributed by atoms with Crippen LogP contribution in [0, 0.1) is 5.92 Å². The standard InChI is InChI=1S/C18H32N2O/c1-14(12-19-18(3,4)5)15(2)20(6)13-16-10-8-9-11-17(16)21-7/h8-11,14-15,19H,12-13H2,1-7H3.